The fourth-order valence-electron chi connectivity index (χ4n) is 2.90. The first-order chi connectivity index (χ1) is 8.03. The smallest absolute Gasteiger partial charge is 0.0915 e. The summed E-state index contributed by atoms with van der Waals surface area (Å²) in [5.74, 6) is 1.52. The third kappa shape index (κ3) is 2.94. The van der Waals surface area contributed by atoms with Crippen LogP contribution in [0.4, 0.5) is 0 Å². The van der Waals surface area contributed by atoms with E-state index in [1.807, 2.05) is 0 Å². The van der Waals surface area contributed by atoms with Crippen molar-refractivity contribution in [2.24, 2.45) is 11.8 Å². The Kier molecular flexibility index (Phi) is 4.32. The van der Waals surface area contributed by atoms with E-state index in [2.05, 4.69) is 40.5 Å². The summed E-state index contributed by atoms with van der Waals surface area (Å²) in [6.45, 7) is 4.60. The number of hydrogen-bond donors (Lipinski definition) is 1. The molecule has 1 aromatic heterocycles. The van der Waals surface area contributed by atoms with E-state index in [-0.39, 0.29) is 0 Å². The third-order valence-electron chi connectivity index (χ3n) is 4.15. The number of rotatable bonds is 2. The summed E-state index contributed by atoms with van der Waals surface area (Å²) >= 11 is 5.22. The average molecular weight is 317 g/mol. The number of halogens is 1. The molecule has 0 spiro atoms. The van der Waals surface area contributed by atoms with Crippen LogP contribution in [0.3, 0.4) is 0 Å². The minimum atomic E-state index is -0.595. The van der Waals surface area contributed by atoms with Crippen molar-refractivity contribution in [3.8, 4) is 0 Å². The molecule has 1 fully saturated rings. The Labute approximate surface area is 116 Å². The monoisotopic (exact) mass is 316 g/mol. The van der Waals surface area contributed by atoms with Crippen molar-refractivity contribution in [3.63, 3.8) is 0 Å². The van der Waals surface area contributed by atoms with Gasteiger partial charge in [0, 0.05) is 15.4 Å². The summed E-state index contributed by atoms with van der Waals surface area (Å²) in [6, 6.07) is 0. The standard InChI is InChI=1S/C14H21BrOS/c1-10(2)11-4-3-6-14(16,7-5-11)12-8-17-9-13(12)15/h8-11,16H,3-7H2,1-2H3. The predicted octanol–water partition coefficient (Wildman–Crippen LogP) is 4.93. The lowest BCUT2D eigenvalue weighted by Gasteiger charge is -2.27. The Bertz CT molecular complexity index is 374. The number of aliphatic hydroxyl groups is 1. The Hall–Kier alpha value is 0.140. The molecule has 17 heavy (non-hydrogen) atoms. The van der Waals surface area contributed by atoms with Gasteiger partial charge in [-0.3, -0.25) is 0 Å². The van der Waals surface area contributed by atoms with Gasteiger partial charge in [0.05, 0.1) is 5.60 Å². The molecule has 1 N–H and O–H groups in total. The topological polar surface area (TPSA) is 20.2 Å². The van der Waals surface area contributed by atoms with Gasteiger partial charge in [-0.2, -0.15) is 11.3 Å². The molecule has 2 unspecified atom stereocenters. The summed E-state index contributed by atoms with van der Waals surface area (Å²) in [5, 5.41) is 15.0. The molecule has 1 saturated carbocycles. The summed E-state index contributed by atoms with van der Waals surface area (Å²) in [5.41, 5.74) is 0.509. The second-order valence-corrected chi connectivity index (χ2v) is 7.20. The van der Waals surface area contributed by atoms with Gasteiger partial charge in [0.25, 0.3) is 0 Å². The Morgan fingerprint density at radius 1 is 1.35 bits per heavy atom. The minimum Gasteiger partial charge on any atom is -0.385 e. The fourth-order valence-corrected chi connectivity index (χ4v) is 4.66. The van der Waals surface area contributed by atoms with Crippen molar-refractivity contribution in [2.45, 2.75) is 51.6 Å². The van der Waals surface area contributed by atoms with Crippen molar-refractivity contribution >= 4 is 27.3 Å². The van der Waals surface area contributed by atoms with Gasteiger partial charge in [-0.25, -0.2) is 0 Å². The summed E-state index contributed by atoms with van der Waals surface area (Å²) < 4.78 is 1.08. The maximum Gasteiger partial charge on any atom is 0.0915 e. The van der Waals surface area contributed by atoms with Gasteiger partial charge in [-0.1, -0.05) is 20.3 Å². The van der Waals surface area contributed by atoms with E-state index in [4.69, 9.17) is 0 Å². The highest BCUT2D eigenvalue weighted by Gasteiger charge is 2.34. The van der Waals surface area contributed by atoms with Crippen LogP contribution < -0.4 is 0 Å². The van der Waals surface area contributed by atoms with E-state index in [9.17, 15) is 5.11 Å². The van der Waals surface area contributed by atoms with Crippen LogP contribution in [0.2, 0.25) is 0 Å². The largest absolute Gasteiger partial charge is 0.385 e. The molecule has 1 aliphatic rings. The molecule has 2 atom stereocenters. The highest BCUT2D eigenvalue weighted by Crippen LogP contribution is 2.43. The molecule has 1 aromatic rings. The number of hydrogen-bond acceptors (Lipinski definition) is 2. The second kappa shape index (κ2) is 5.41. The molecule has 0 aromatic carbocycles. The highest BCUT2D eigenvalue weighted by atomic mass is 79.9. The quantitative estimate of drug-likeness (QED) is 0.767. The molecule has 0 saturated heterocycles. The molecule has 1 aliphatic carbocycles. The molecular weight excluding hydrogens is 296 g/mol. The van der Waals surface area contributed by atoms with Gasteiger partial charge in [0.15, 0.2) is 0 Å². The number of thiophene rings is 1. The normalized spacial score (nSPS) is 30.5. The summed E-state index contributed by atoms with van der Waals surface area (Å²) in [4.78, 5) is 0. The van der Waals surface area contributed by atoms with Crippen LogP contribution >= 0.6 is 27.3 Å². The van der Waals surface area contributed by atoms with Crippen molar-refractivity contribution in [1.29, 1.82) is 0 Å². The van der Waals surface area contributed by atoms with Crippen molar-refractivity contribution in [2.75, 3.05) is 0 Å². The molecule has 0 aliphatic heterocycles. The zero-order chi connectivity index (χ0) is 12.5. The lowest BCUT2D eigenvalue weighted by Crippen LogP contribution is -2.24. The lowest BCUT2D eigenvalue weighted by molar-refractivity contribution is 0.0188. The van der Waals surface area contributed by atoms with E-state index in [0.717, 1.165) is 47.6 Å². The first-order valence-electron chi connectivity index (χ1n) is 6.47. The molecule has 2 rings (SSSR count). The third-order valence-corrected chi connectivity index (χ3v) is 5.86. The maximum atomic E-state index is 10.9. The SMILES string of the molecule is CC(C)C1CCCC(O)(c2cscc2Br)CC1. The van der Waals surface area contributed by atoms with Gasteiger partial charge in [0.1, 0.15) is 0 Å². The van der Waals surface area contributed by atoms with Crippen molar-refractivity contribution in [1.82, 2.24) is 0 Å². The predicted molar refractivity (Wildman–Crippen MR) is 77.3 cm³/mol. The maximum absolute atomic E-state index is 10.9. The summed E-state index contributed by atoms with van der Waals surface area (Å²) in [7, 11) is 0. The molecule has 0 bridgehead atoms. The Morgan fingerprint density at radius 3 is 2.71 bits per heavy atom. The first kappa shape index (κ1) is 13.6. The molecule has 0 amide bonds. The van der Waals surface area contributed by atoms with Gasteiger partial charge in [-0.15, -0.1) is 0 Å². The van der Waals surface area contributed by atoms with Crippen LogP contribution in [0.1, 0.15) is 51.5 Å². The van der Waals surface area contributed by atoms with Crippen LogP contribution in [0, 0.1) is 11.8 Å². The average Bonchev–Trinajstić information content (AvgIpc) is 2.59. The van der Waals surface area contributed by atoms with Crippen LogP contribution in [-0.2, 0) is 5.60 Å². The van der Waals surface area contributed by atoms with Gasteiger partial charge in [-0.05, 0) is 58.8 Å². The summed E-state index contributed by atoms with van der Waals surface area (Å²) in [6.07, 6.45) is 5.37. The van der Waals surface area contributed by atoms with E-state index in [1.165, 1.54) is 6.42 Å². The van der Waals surface area contributed by atoms with Crippen LogP contribution in [0.25, 0.3) is 0 Å². The van der Waals surface area contributed by atoms with E-state index < -0.39 is 5.60 Å². The zero-order valence-electron chi connectivity index (χ0n) is 10.6. The van der Waals surface area contributed by atoms with Crippen LogP contribution in [0.15, 0.2) is 15.2 Å². The van der Waals surface area contributed by atoms with E-state index in [0.29, 0.717) is 0 Å². The fraction of sp³-hybridized carbons (Fsp3) is 0.714. The zero-order valence-corrected chi connectivity index (χ0v) is 13.0. The lowest BCUT2D eigenvalue weighted by atomic mass is 9.86. The molecular formula is C14H21BrOS. The van der Waals surface area contributed by atoms with E-state index >= 15 is 0 Å². The Morgan fingerprint density at radius 2 is 2.12 bits per heavy atom. The minimum absolute atomic E-state index is 0.595. The van der Waals surface area contributed by atoms with Crippen LogP contribution in [0.5, 0.6) is 0 Å². The van der Waals surface area contributed by atoms with Crippen molar-refractivity contribution in [3.05, 3.63) is 20.8 Å². The van der Waals surface area contributed by atoms with Crippen molar-refractivity contribution < 1.29 is 5.11 Å². The van der Waals surface area contributed by atoms with Gasteiger partial charge in [0.2, 0.25) is 0 Å². The molecule has 0 radical (unpaired) electrons. The van der Waals surface area contributed by atoms with Crippen LogP contribution in [-0.4, -0.2) is 5.11 Å². The molecule has 1 heterocycles. The van der Waals surface area contributed by atoms with Gasteiger partial charge >= 0.3 is 0 Å². The molecule has 3 heteroatoms. The highest BCUT2D eigenvalue weighted by molar-refractivity contribution is 9.10. The van der Waals surface area contributed by atoms with Gasteiger partial charge < -0.3 is 5.11 Å². The molecule has 96 valence electrons. The first-order valence-corrected chi connectivity index (χ1v) is 8.21. The second-order valence-electron chi connectivity index (χ2n) is 5.60. The molecule has 1 nitrogen and oxygen atoms in total. The Balaban J connectivity index is 2.15. The van der Waals surface area contributed by atoms with E-state index in [1.54, 1.807) is 11.3 Å².